The van der Waals surface area contributed by atoms with Gasteiger partial charge in [0.1, 0.15) is 0 Å². The fourth-order valence-electron chi connectivity index (χ4n) is 2.84. The number of rotatable bonds is 4. The number of carbonyl (C=O) groups excluding carboxylic acids is 2. The molecule has 1 aromatic heterocycles. The van der Waals surface area contributed by atoms with E-state index in [1.807, 2.05) is 0 Å². The lowest BCUT2D eigenvalue weighted by molar-refractivity contribution is -0.153. The molecular formula is C16H20F3N3O2. The van der Waals surface area contributed by atoms with E-state index in [0.717, 1.165) is 24.2 Å². The average molecular weight is 343 g/mol. The van der Waals surface area contributed by atoms with Crippen molar-refractivity contribution in [3.63, 3.8) is 0 Å². The molecule has 8 heteroatoms. The van der Waals surface area contributed by atoms with Crippen LogP contribution in [0, 0.1) is 0 Å². The Morgan fingerprint density at radius 2 is 1.96 bits per heavy atom. The van der Waals surface area contributed by atoms with Crippen LogP contribution in [0.25, 0.3) is 0 Å². The number of aromatic nitrogens is 1. The van der Waals surface area contributed by atoms with E-state index >= 15 is 0 Å². The van der Waals surface area contributed by atoms with Crippen LogP contribution in [0.15, 0.2) is 24.5 Å². The van der Waals surface area contributed by atoms with Crippen LogP contribution in [-0.4, -0.2) is 40.5 Å². The fraction of sp³-hybridized carbons (Fsp3) is 0.562. The lowest BCUT2D eigenvalue weighted by Gasteiger charge is -2.34. The van der Waals surface area contributed by atoms with E-state index in [2.05, 4.69) is 10.3 Å². The third-order valence-electron chi connectivity index (χ3n) is 4.03. The molecule has 2 rings (SSSR count). The summed E-state index contributed by atoms with van der Waals surface area (Å²) in [4.78, 5) is 29.4. The van der Waals surface area contributed by atoms with Gasteiger partial charge in [-0.3, -0.25) is 14.6 Å². The Morgan fingerprint density at radius 1 is 1.25 bits per heavy atom. The van der Waals surface area contributed by atoms with Crippen LogP contribution in [0.4, 0.5) is 18.9 Å². The summed E-state index contributed by atoms with van der Waals surface area (Å²) < 4.78 is 37.6. The molecule has 132 valence electrons. The standard InChI is InChI=1S/C16H20F3N3O2/c17-16(18,19)8-10-22(13-6-2-1-3-7-13)15(24)14(23)21-12-5-4-9-20-11-12/h4-5,9,11,13H,1-3,6-8,10H2,(H,21,23). The van der Waals surface area contributed by atoms with Gasteiger partial charge in [0, 0.05) is 18.8 Å². The van der Waals surface area contributed by atoms with Gasteiger partial charge in [0.05, 0.1) is 18.3 Å². The zero-order valence-corrected chi connectivity index (χ0v) is 13.2. The number of alkyl halides is 3. The molecule has 0 bridgehead atoms. The maximum atomic E-state index is 12.5. The van der Waals surface area contributed by atoms with Gasteiger partial charge in [-0.25, -0.2) is 0 Å². The van der Waals surface area contributed by atoms with Crippen molar-refractivity contribution < 1.29 is 22.8 Å². The summed E-state index contributed by atoms with van der Waals surface area (Å²) in [7, 11) is 0. The summed E-state index contributed by atoms with van der Waals surface area (Å²) in [6, 6.07) is 2.83. The minimum absolute atomic E-state index is 0.312. The second-order valence-corrected chi connectivity index (χ2v) is 5.85. The molecule has 1 aliphatic rings. The van der Waals surface area contributed by atoms with Crippen LogP contribution in [0.5, 0.6) is 0 Å². The number of amides is 2. The quantitative estimate of drug-likeness (QED) is 0.855. The lowest BCUT2D eigenvalue weighted by atomic mass is 9.94. The predicted molar refractivity (Wildman–Crippen MR) is 82.1 cm³/mol. The molecular weight excluding hydrogens is 323 g/mol. The van der Waals surface area contributed by atoms with E-state index in [1.54, 1.807) is 12.1 Å². The Labute approximate surface area is 138 Å². The van der Waals surface area contributed by atoms with E-state index in [0.29, 0.717) is 18.5 Å². The third kappa shape index (κ3) is 5.50. The summed E-state index contributed by atoms with van der Waals surface area (Å²) in [6.07, 6.45) is 1.35. The molecule has 1 aliphatic carbocycles. The van der Waals surface area contributed by atoms with Gasteiger partial charge in [-0.15, -0.1) is 0 Å². The second-order valence-electron chi connectivity index (χ2n) is 5.85. The first-order valence-corrected chi connectivity index (χ1v) is 7.95. The minimum Gasteiger partial charge on any atom is -0.331 e. The summed E-state index contributed by atoms with van der Waals surface area (Å²) in [5, 5.41) is 2.38. The van der Waals surface area contributed by atoms with Crippen LogP contribution in [0.3, 0.4) is 0 Å². The Bertz CT molecular complexity index is 557. The van der Waals surface area contributed by atoms with E-state index in [9.17, 15) is 22.8 Å². The van der Waals surface area contributed by atoms with Gasteiger partial charge >= 0.3 is 18.0 Å². The minimum atomic E-state index is -4.37. The molecule has 0 unspecified atom stereocenters. The molecule has 1 heterocycles. The van der Waals surface area contributed by atoms with Crippen molar-refractivity contribution in [1.29, 1.82) is 0 Å². The number of nitrogens with zero attached hydrogens (tertiary/aromatic N) is 2. The Balaban J connectivity index is 2.06. The van der Waals surface area contributed by atoms with Crippen molar-refractivity contribution >= 4 is 17.5 Å². The van der Waals surface area contributed by atoms with Crippen LogP contribution >= 0.6 is 0 Å². The Hall–Kier alpha value is -2.12. The summed E-state index contributed by atoms with van der Waals surface area (Å²) in [6.45, 7) is -0.493. The van der Waals surface area contributed by atoms with Crippen molar-refractivity contribution in [2.75, 3.05) is 11.9 Å². The number of pyridine rings is 1. The first-order valence-electron chi connectivity index (χ1n) is 7.95. The highest BCUT2D eigenvalue weighted by molar-refractivity contribution is 6.39. The fourth-order valence-corrected chi connectivity index (χ4v) is 2.84. The maximum Gasteiger partial charge on any atom is 0.390 e. The van der Waals surface area contributed by atoms with Crippen LogP contribution in [-0.2, 0) is 9.59 Å². The highest BCUT2D eigenvalue weighted by Gasteiger charge is 2.34. The van der Waals surface area contributed by atoms with Crippen molar-refractivity contribution in [3.8, 4) is 0 Å². The molecule has 0 radical (unpaired) electrons. The maximum absolute atomic E-state index is 12.5. The predicted octanol–water partition coefficient (Wildman–Crippen LogP) is 3.13. The SMILES string of the molecule is O=C(Nc1cccnc1)C(=O)N(CCC(F)(F)F)C1CCCCC1. The van der Waals surface area contributed by atoms with Gasteiger partial charge in [-0.2, -0.15) is 13.2 Å². The van der Waals surface area contributed by atoms with Gasteiger partial charge in [-0.05, 0) is 25.0 Å². The zero-order valence-electron chi connectivity index (χ0n) is 13.2. The first-order chi connectivity index (χ1) is 11.4. The van der Waals surface area contributed by atoms with Gasteiger partial charge < -0.3 is 10.2 Å². The molecule has 1 aromatic rings. The van der Waals surface area contributed by atoms with E-state index in [1.165, 1.54) is 12.4 Å². The largest absolute Gasteiger partial charge is 0.390 e. The zero-order chi connectivity index (χ0) is 17.6. The van der Waals surface area contributed by atoms with Gasteiger partial charge in [-0.1, -0.05) is 19.3 Å². The summed E-state index contributed by atoms with van der Waals surface area (Å²) >= 11 is 0. The van der Waals surface area contributed by atoms with Crippen molar-refractivity contribution in [2.24, 2.45) is 0 Å². The number of halogens is 3. The molecule has 0 aromatic carbocycles. The van der Waals surface area contributed by atoms with Crippen LogP contribution < -0.4 is 5.32 Å². The number of hydrogen-bond donors (Lipinski definition) is 1. The van der Waals surface area contributed by atoms with Crippen molar-refractivity contribution in [3.05, 3.63) is 24.5 Å². The Morgan fingerprint density at radius 3 is 2.54 bits per heavy atom. The highest BCUT2D eigenvalue weighted by atomic mass is 19.4. The van der Waals surface area contributed by atoms with E-state index in [4.69, 9.17) is 0 Å². The molecule has 1 N–H and O–H groups in total. The number of hydrogen-bond acceptors (Lipinski definition) is 3. The lowest BCUT2D eigenvalue weighted by Crippen LogP contribution is -2.47. The van der Waals surface area contributed by atoms with Gasteiger partial charge in [0.25, 0.3) is 0 Å². The van der Waals surface area contributed by atoms with Crippen LogP contribution in [0.1, 0.15) is 38.5 Å². The monoisotopic (exact) mass is 343 g/mol. The molecule has 0 aliphatic heterocycles. The van der Waals surface area contributed by atoms with Gasteiger partial charge in [0.2, 0.25) is 0 Å². The number of nitrogens with one attached hydrogen (secondary N) is 1. The number of anilines is 1. The third-order valence-corrected chi connectivity index (χ3v) is 4.03. The second kappa shape index (κ2) is 8.12. The average Bonchev–Trinajstić information content (AvgIpc) is 2.55. The Kier molecular flexibility index (Phi) is 6.16. The van der Waals surface area contributed by atoms with E-state index in [-0.39, 0.29) is 6.04 Å². The topological polar surface area (TPSA) is 62.3 Å². The van der Waals surface area contributed by atoms with Crippen molar-refractivity contribution in [2.45, 2.75) is 50.7 Å². The normalized spacial score (nSPS) is 15.8. The molecule has 5 nitrogen and oxygen atoms in total. The van der Waals surface area contributed by atoms with E-state index < -0.39 is 31.0 Å². The molecule has 24 heavy (non-hydrogen) atoms. The summed E-state index contributed by atoms with van der Waals surface area (Å²) in [5.41, 5.74) is 0.329. The molecule has 2 amide bonds. The van der Waals surface area contributed by atoms with Crippen molar-refractivity contribution in [1.82, 2.24) is 9.88 Å². The molecule has 1 fully saturated rings. The molecule has 0 atom stereocenters. The summed E-state index contributed by atoms with van der Waals surface area (Å²) in [5.74, 6) is -1.86. The smallest absolute Gasteiger partial charge is 0.331 e. The number of carbonyl (C=O) groups is 2. The highest BCUT2D eigenvalue weighted by Crippen LogP contribution is 2.26. The van der Waals surface area contributed by atoms with Crippen LogP contribution in [0.2, 0.25) is 0 Å². The molecule has 0 saturated heterocycles. The first kappa shape index (κ1) is 18.2. The molecule has 0 spiro atoms. The van der Waals surface area contributed by atoms with Gasteiger partial charge in [0.15, 0.2) is 0 Å². The molecule has 1 saturated carbocycles.